The highest BCUT2D eigenvalue weighted by molar-refractivity contribution is 5.85. The van der Waals surface area contributed by atoms with E-state index in [9.17, 15) is 4.39 Å². The van der Waals surface area contributed by atoms with E-state index in [2.05, 4.69) is 10.2 Å². The Bertz CT molecular complexity index is 332. The second kappa shape index (κ2) is 10.4. The molecule has 1 N–H and O–H groups in total. The van der Waals surface area contributed by atoms with Gasteiger partial charge in [-0.2, -0.15) is 0 Å². The molecule has 0 spiro atoms. The highest BCUT2D eigenvalue weighted by atomic mass is 35.5. The lowest BCUT2D eigenvalue weighted by atomic mass is 10.2. The predicted octanol–water partition coefficient (Wildman–Crippen LogP) is 2.09. The Labute approximate surface area is 126 Å². The molecule has 1 aromatic carbocycles. The number of rotatable bonds is 5. The first-order valence-electron chi connectivity index (χ1n) is 6.10. The van der Waals surface area contributed by atoms with Gasteiger partial charge in [0.05, 0.1) is 13.2 Å². The van der Waals surface area contributed by atoms with Crippen molar-refractivity contribution in [3.8, 4) is 0 Å². The third-order valence-electron chi connectivity index (χ3n) is 2.95. The summed E-state index contributed by atoms with van der Waals surface area (Å²) in [6.45, 7) is 6.54. The zero-order valence-corrected chi connectivity index (χ0v) is 12.4. The number of hydrogen-bond donors (Lipinski definition) is 1. The van der Waals surface area contributed by atoms with Gasteiger partial charge < -0.3 is 10.1 Å². The Kier molecular flexibility index (Phi) is 10.2. The SMILES string of the molecule is Cl.Cl.Fc1ccc(CNCCN2CCOCC2)cc1. The molecule has 0 amide bonds. The van der Waals surface area contributed by atoms with Crippen LogP contribution in [0.1, 0.15) is 5.56 Å². The van der Waals surface area contributed by atoms with Gasteiger partial charge in [0, 0.05) is 32.7 Å². The summed E-state index contributed by atoms with van der Waals surface area (Å²) in [4.78, 5) is 2.39. The Hall–Kier alpha value is -0.390. The number of benzene rings is 1. The molecular formula is C13H21Cl2FN2O. The van der Waals surface area contributed by atoms with Crippen molar-refractivity contribution in [2.75, 3.05) is 39.4 Å². The second-order valence-electron chi connectivity index (χ2n) is 4.26. The van der Waals surface area contributed by atoms with E-state index in [4.69, 9.17) is 4.74 Å². The largest absolute Gasteiger partial charge is 0.379 e. The van der Waals surface area contributed by atoms with Crippen molar-refractivity contribution in [1.82, 2.24) is 10.2 Å². The molecule has 1 fully saturated rings. The summed E-state index contributed by atoms with van der Waals surface area (Å²) in [6, 6.07) is 6.63. The highest BCUT2D eigenvalue weighted by Crippen LogP contribution is 2.02. The van der Waals surface area contributed by atoms with Crippen molar-refractivity contribution in [2.45, 2.75) is 6.54 Å². The van der Waals surface area contributed by atoms with E-state index < -0.39 is 0 Å². The highest BCUT2D eigenvalue weighted by Gasteiger charge is 2.08. The van der Waals surface area contributed by atoms with Crippen LogP contribution in [0.4, 0.5) is 4.39 Å². The first-order valence-corrected chi connectivity index (χ1v) is 6.10. The van der Waals surface area contributed by atoms with Crippen LogP contribution in [-0.4, -0.2) is 44.3 Å². The fraction of sp³-hybridized carbons (Fsp3) is 0.538. The molecule has 0 unspecified atom stereocenters. The lowest BCUT2D eigenvalue weighted by Crippen LogP contribution is -2.40. The minimum atomic E-state index is -0.179. The molecule has 0 aromatic heterocycles. The average molecular weight is 311 g/mol. The maximum Gasteiger partial charge on any atom is 0.123 e. The molecule has 0 saturated carbocycles. The predicted molar refractivity (Wildman–Crippen MR) is 79.9 cm³/mol. The molecule has 0 aliphatic carbocycles. The van der Waals surface area contributed by atoms with Crippen LogP contribution in [0.2, 0.25) is 0 Å². The standard InChI is InChI=1S/C13H19FN2O.2ClH/c14-13-3-1-12(2-4-13)11-15-5-6-16-7-9-17-10-8-16;;/h1-4,15H,5-11H2;2*1H. The van der Waals surface area contributed by atoms with Gasteiger partial charge in [0.15, 0.2) is 0 Å². The van der Waals surface area contributed by atoms with Gasteiger partial charge in [-0.15, -0.1) is 24.8 Å². The van der Waals surface area contributed by atoms with Crippen LogP contribution in [0, 0.1) is 5.82 Å². The Morgan fingerprint density at radius 3 is 2.37 bits per heavy atom. The fourth-order valence-electron chi connectivity index (χ4n) is 1.90. The topological polar surface area (TPSA) is 24.5 Å². The molecule has 19 heavy (non-hydrogen) atoms. The van der Waals surface area contributed by atoms with Gasteiger partial charge in [0.25, 0.3) is 0 Å². The van der Waals surface area contributed by atoms with Crippen LogP contribution in [0.5, 0.6) is 0 Å². The zero-order chi connectivity index (χ0) is 11.9. The van der Waals surface area contributed by atoms with Crippen LogP contribution < -0.4 is 5.32 Å². The normalized spacial score (nSPS) is 15.4. The van der Waals surface area contributed by atoms with Crippen LogP contribution in [0.25, 0.3) is 0 Å². The van der Waals surface area contributed by atoms with Crippen LogP contribution in [0.15, 0.2) is 24.3 Å². The van der Waals surface area contributed by atoms with Gasteiger partial charge in [0.1, 0.15) is 5.82 Å². The first-order chi connectivity index (χ1) is 8.34. The molecule has 1 saturated heterocycles. The molecule has 2 rings (SSSR count). The minimum absolute atomic E-state index is 0. The Morgan fingerprint density at radius 2 is 1.74 bits per heavy atom. The van der Waals surface area contributed by atoms with Gasteiger partial charge in [-0.3, -0.25) is 4.90 Å². The zero-order valence-electron chi connectivity index (χ0n) is 10.8. The Balaban J connectivity index is 0.00000162. The van der Waals surface area contributed by atoms with Crippen molar-refractivity contribution in [3.63, 3.8) is 0 Å². The van der Waals surface area contributed by atoms with Crippen LogP contribution in [-0.2, 0) is 11.3 Å². The van der Waals surface area contributed by atoms with Crippen molar-refractivity contribution in [2.24, 2.45) is 0 Å². The molecular weight excluding hydrogens is 290 g/mol. The smallest absolute Gasteiger partial charge is 0.123 e. The average Bonchev–Trinajstić information content (AvgIpc) is 2.38. The molecule has 0 bridgehead atoms. The molecule has 1 aromatic rings. The van der Waals surface area contributed by atoms with E-state index in [-0.39, 0.29) is 30.6 Å². The number of nitrogens with one attached hydrogen (secondary N) is 1. The summed E-state index contributed by atoms with van der Waals surface area (Å²) < 4.78 is 18.0. The molecule has 1 heterocycles. The molecule has 3 nitrogen and oxygen atoms in total. The molecule has 1 aliphatic rings. The quantitative estimate of drug-likeness (QED) is 0.843. The third kappa shape index (κ3) is 7.09. The monoisotopic (exact) mass is 310 g/mol. The van der Waals surface area contributed by atoms with Gasteiger partial charge >= 0.3 is 0 Å². The molecule has 6 heteroatoms. The van der Waals surface area contributed by atoms with Crippen molar-refractivity contribution < 1.29 is 9.13 Å². The van der Waals surface area contributed by atoms with E-state index in [1.54, 1.807) is 0 Å². The van der Waals surface area contributed by atoms with Gasteiger partial charge in [-0.1, -0.05) is 12.1 Å². The number of ether oxygens (including phenoxy) is 1. The summed E-state index contributed by atoms with van der Waals surface area (Å²) >= 11 is 0. The van der Waals surface area contributed by atoms with Gasteiger partial charge in [-0.25, -0.2) is 4.39 Å². The fourth-order valence-corrected chi connectivity index (χ4v) is 1.90. The number of hydrogen-bond acceptors (Lipinski definition) is 3. The summed E-state index contributed by atoms with van der Waals surface area (Å²) in [5, 5.41) is 3.36. The van der Waals surface area contributed by atoms with Crippen molar-refractivity contribution in [3.05, 3.63) is 35.6 Å². The van der Waals surface area contributed by atoms with Crippen molar-refractivity contribution >= 4 is 24.8 Å². The lowest BCUT2D eigenvalue weighted by Gasteiger charge is -2.26. The maximum absolute atomic E-state index is 12.7. The number of morpholine rings is 1. The Morgan fingerprint density at radius 1 is 1.11 bits per heavy atom. The van der Waals surface area contributed by atoms with E-state index >= 15 is 0 Å². The van der Waals surface area contributed by atoms with E-state index in [1.807, 2.05) is 12.1 Å². The summed E-state index contributed by atoms with van der Waals surface area (Å²) in [5.74, 6) is -0.179. The van der Waals surface area contributed by atoms with Gasteiger partial charge in [-0.05, 0) is 17.7 Å². The maximum atomic E-state index is 12.7. The third-order valence-corrected chi connectivity index (χ3v) is 2.95. The summed E-state index contributed by atoms with van der Waals surface area (Å²) in [6.07, 6.45) is 0. The van der Waals surface area contributed by atoms with Gasteiger partial charge in [0.2, 0.25) is 0 Å². The molecule has 0 radical (unpaired) electrons. The summed E-state index contributed by atoms with van der Waals surface area (Å²) in [7, 11) is 0. The van der Waals surface area contributed by atoms with Crippen molar-refractivity contribution in [1.29, 1.82) is 0 Å². The number of halogens is 3. The molecule has 110 valence electrons. The minimum Gasteiger partial charge on any atom is -0.379 e. The first kappa shape index (κ1) is 18.6. The molecule has 1 aliphatic heterocycles. The number of nitrogens with zero attached hydrogens (tertiary/aromatic N) is 1. The summed E-state index contributed by atoms with van der Waals surface area (Å²) in [5.41, 5.74) is 1.12. The molecule has 0 atom stereocenters. The van der Waals surface area contributed by atoms with E-state index in [0.717, 1.165) is 51.5 Å². The van der Waals surface area contributed by atoms with E-state index in [1.165, 1.54) is 12.1 Å². The lowest BCUT2D eigenvalue weighted by molar-refractivity contribution is 0.0384. The second-order valence-corrected chi connectivity index (χ2v) is 4.26. The van der Waals surface area contributed by atoms with E-state index in [0.29, 0.717) is 0 Å². The van der Waals surface area contributed by atoms with Crippen LogP contribution in [0.3, 0.4) is 0 Å². The van der Waals surface area contributed by atoms with Crippen LogP contribution >= 0.6 is 24.8 Å².